The smallest absolute Gasteiger partial charge is 0.123 e. The van der Waals surface area contributed by atoms with Gasteiger partial charge in [0.1, 0.15) is 11.4 Å². The molecule has 2 aliphatic heterocycles. The fraction of sp³-hybridized carbons (Fsp3) is 0.478. The number of nitrogens with one attached hydrogen (secondary N) is 1. The first kappa shape index (κ1) is 18.5. The third-order valence-electron chi connectivity index (χ3n) is 5.29. The Balaban J connectivity index is 1.30. The van der Waals surface area contributed by atoms with Crippen LogP contribution in [0.3, 0.4) is 0 Å². The van der Waals surface area contributed by atoms with Gasteiger partial charge < -0.3 is 14.8 Å². The molecule has 1 N–H and O–H groups in total. The van der Waals surface area contributed by atoms with Gasteiger partial charge in [0.05, 0.1) is 13.2 Å². The maximum absolute atomic E-state index is 5.97. The number of morpholine rings is 1. The Kier molecular flexibility index (Phi) is 5.48. The summed E-state index contributed by atoms with van der Waals surface area (Å²) < 4.78 is 11.4. The number of hydrogen-bond donors (Lipinski definition) is 1. The molecule has 4 heteroatoms. The molecule has 0 amide bonds. The third-order valence-corrected chi connectivity index (χ3v) is 5.29. The monoisotopic (exact) mass is 366 g/mol. The number of rotatable bonds is 6. The number of hydrogen-bond acceptors (Lipinski definition) is 4. The molecule has 0 atom stereocenters. The summed E-state index contributed by atoms with van der Waals surface area (Å²) in [7, 11) is 0. The van der Waals surface area contributed by atoms with E-state index in [4.69, 9.17) is 9.47 Å². The molecule has 4 rings (SSSR count). The Hall–Kier alpha value is -1.88. The maximum Gasteiger partial charge on any atom is 0.123 e. The summed E-state index contributed by atoms with van der Waals surface area (Å²) in [4.78, 5) is 2.46. The summed E-state index contributed by atoms with van der Waals surface area (Å²) in [6.45, 7) is 10.8. The van der Waals surface area contributed by atoms with Gasteiger partial charge in [0.2, 0.25) is 0 Å². The third kappa shape index (κ3) is 4.89. The van der Waals surface area contributed by atoms with Gasteiger partial charge in [0.15, 0.2) is 0 Å². The average Bonchev–Trinajstić information content (AvgIpc) is 2.96. The average molecular weight is 367 g/mol. The molecule has 0 bridgehead atoms. The van der Waals surface area contributed by atoms with E-state index in [0.717, 1.165) is 58.1 Å². The van der Waals surface area contributed by atoms with Crippen LogP contribution in [-0.2, 0) is 30.8 Å². The summed E-state index contributed by atoms with van der Waals surface area (Å²) in [6.07, 6.45) is 0.986. The summed E-state index contributed by atoms with van der Waals surface area (Å²) in [5, 5.41) is 3.59. The highest BCUT2D eigenvalue weighted by Gasteiger charge is 2.29. The van der Waals surface area contributed by atoms with E-state index in [1.165, 1.54) is 22.3 Å². The van der Waals surface area contributed by atoms with Crippen molar-refractivity contribution in [3.05, 3.63) is 64.7 Å². The van der Waals surface area contributed by atoms with Crippen molar-refractivity contribution in [2.75, 3.05) is 26.3 Å². The van der Waals surface area contributed by atoms with Gasteiger partial charge in [-0.1, -0.05) is 36.4 Å². The standard InChI is InChI=1S/C23H30N2O2/c1-23(2)14-21-13-19(6-7-22(21)27-23)16-24-15-18-4-3-5-20(12-18)17-25-8-10-26-11-9-25/h3-7,12-13,24H,8-11,14-17H2,1-2H3. The highest BCUT2D eigenvalue weighted by atomic mass is 16.5. The molecule has 0 spiro atoms. The second kappa shape index (κ2) is 8.01. The molecule has 0 saturated carbocycles. The molecule has 2 aromatic rings. The van der Waals surface area contributed by atoms with Gasteiger partial charge in [-0.05, 0) is 42.2 Å². The molecule has 144 valence electrons. The van der Waals surface area contributed by atoms with E-state index in [2.05, 4.69) is 66.5 Å². The molecule has 0 aromatic heterocycles. The highest BCUT2D eigenvalue weighted by Crippen LogP contribution is 2.35. The lowest BCUT2D eigenvalue weighted by atomic mass is 10.0. The summed E-state index contributed by atoms with van der Waals surface area (Å²) in [5.74, 6) is 1.04. The van der Waals surface area contributed by atoms with Crippen molar-refractivity contribution in [3.8, 4) is 5.75 Å². The molecule has 2 heterocycles. The predicted octanol–water partition coefficient (Wildman–Crippen LogP) is 3.52. The minimum Gasteiger partial charge on any atom is -0.487 e. The van der Waals surface area contributed by atoms with Crippen molar-refractivity contribution >= 4 is 0 Å². The molecule has 0 radical (unpaired) electrons. The Labute approximate surface area is 162 Å². The fourth-order valence-corrected chi connectivity index (χ4v) is 3.98. The zero-order valence-electron chi connectivity index (χ0n) is 16.5. The van der Waals surface area contributed by atoms with Gasteiger partial charge in [-0.15, -0.1) is 0 Å². The van der Waals surface area contributed by atoms with Gasteiger partial charge >= 0.3 is 0 Å². The molecule has 2 aliphatic rings. The van der Waals surface area contributed by atoms with Crippen molar-refractivity contribution in [3.63, 3.8) is 0 Å². The molecule has 1 saturated heterocycles. The van der Waals surface area contributed by atoms with Crippen molar-refractivity contribution in [1.29, 1.82) is 0 Å². The molecule has 27 heavy (non-hydrogen) atoms. The van der Waals surface area contributed by atoms with Crippen molar-refractivity contribution < 1.29 is 9.47 Å². The normalized spacial score (nSPS) is 18.9. The summed E-state index contributed by atoms with van der Waals surface area (Å²) in [6, 6.07) is 15.5. The van der Waals surface area contributed by atoms with Gasteiger partial charge in [-0.25, -0.2) is 0 Å². The van der Waals surface area contributed by atoms with E-state index in [-0.39, 0.29) is 5.60 Å². The lowest BCUT2D eigenvalue weighted by Gasteiger charge is -2.26. The largest absolute Gasteiger partial charge is 0.487 e. The minimum atomic E-state index is -0.0741. The highest BCUT2D eigenvalue weighted by molar-refractivity contribution is 5.41. The molecule has 0 aliphatic carbocycles. The lowest BCUT2D eigenvalue weighted by molar-refractivity contribution is 0.0342. The van der Waals surface area contributed by atoms with E-state index >= 15 is 0 Å². The topological polar surface area (TPSA) is 33.7 Å². The van der Waals surface area contributed by atoms with Crippen LogP contribution in [0.2, 0.25) is 0 Å². The van der Waals surface area contributed by atoms with Gasteiger partial charge in [-0.3, -0.25) is 4.90 Å². The van der Waals surface area contributed by atoms with Crippen molar-refractivity contribution in [2.45, 2.75) is 45.5 Å². The molecule has 4 nitrogen and oxygen atoms in total. The lowest BCUT2D eigenvalue weighted by Crippen LogP contribution is -2.35. The van der Waals surface area contributed by atoms with Crippen LogP contribution in [0.4, 0.5) is 0 Å². The molecular weight excluding hydrogens is 336 g/mol. The molecule has 2 aromatic carbocycles. The Bertz CT molecular complexity index is 782. The van der Waals surface area contributed by atoms with Crippen molar-refractivity contribution in [2.24, 2.45) is 0 Å². The molecule has 0 unspecified atom stereocenters. The van der Waals surface area contributed by atoms with E-state index in [1.807, 2.05) is 0 Å². The Morgan fingerprint density at radius 2 is 1.70 bits per heavy atom. The van der Waals surface area contributed by atoms with Crippen LogP contribution >= 0.6 is 0 Å². The number of benzene rings is 2. The Morgan fingerprint density at radius 3 is 2.52 bits per heavy atom. The number of nitrogens with zero attached hydrogens (tertiary/aromatic N) is 1. The maximum atomic E-state index is 5.97. The molecule has 1 fully saturated rings. The minimum absolute atomic E-state index is 0.0741. The van der Waals surface area contributed by atoms with Crippen LogP contribution < -0.4 is 10.1 Å². The first-order valence-corrected chi connectivity index (χ1v) is 9.97. The number of fused-ring (bicyclic) bond motifs is 1. The van der Waals surface area contributed by atoms with Crippen LogP contribution in [0.5, 0.6) is 5.75 Å². The van der Waals surface area contributed by atoms with Gasteiger partial charge in [-0.2, -0.15) is 0 Å². The van der Waals surface area contributed by atoms with Crippen LogP contribution in [0.15, 0.2) is 42.5 Å². The summed E-state index contributed by atoms with van der Waals surface area (Å²) in [5.41, 5.74) is 5.29. The van der Waals surface area contributed by atoms with Crippen LogP contribution in [-0.4, -0.2) is 36.8 Å². The zero-order valence-corrected chi connectivity index (χ0v) is 16.5. The van der Waals surface area contributed by atoms with Gasteiger partial charge in [0.25, 0.3) is 0 Å². The van der Waals surface area contributed by atoms with Crippen molar-refractivity contribution in [1.82, 2.24) is 10.2 Å². The zero-order chi connectivity index (χ0) is 18.7. The molecular formula is C23H30N2O2. The second-order valence-corrected chi connectivity index (χ2v) is 8.29. The van der Waals surface area contributed by atoms with Gasteiger partial charge in [0, 0.05) is 39.1 Å². The first-order valence-electron chi connectivity index (χ1n) is 9.97. The van der Waals surface area contributed by atoms with E-state index in [0.29, 0.717) is 0 Å². The number of ether oxygens (including phenoxy) is 2. The van der Waals surface area contributed by atoms with Crippen LogP contribution in [0, 0.1) is 0 Å². The van der Waals surface area contributed by atoms with E-state index in [1.54, 1.807) is 0 Å². The van der Waals surface area contributed by atoms with Crippen LogP contribution in [0.25, 0.3) is 0 Å². The second-order valence-electron chi connectivity index (χ2n) is 8.29. The quantitative estimate of drug-likeness (QED) is 0.848. The Morgan fingerprint density at radius 1 is 0.963 bits per heavy atom. The SMILES string of the molecule is CC1(C)Cc2cc(CNCc3cccc(CN4CCOCC4)c3)ccc2O1. The van der Waals surface area contributed by atoms with E-state index in [9.17, 15) is 0 Å². The predicted molar refractivity (Wildman–Crippen MR) is 108 cm³/mol. The van der Waals surface area contributed by atoms with E-state index < -0.39 is 0 Å². The first-order chi connectivity index (χ1) is 13.1. The fourth-order valence-electron chi connectivity index (χ4n) is 3.98. The summed E-state index contributed by atoms with van der Waals surface area (Å²) >= 11 is 0. The van der Waals surface area contributed by atoms with Crippen LogP contribution in [0.1, 0.15) is 36.1 Å².